The van der Waals surface area contributed by atoms with Crippen LogP contribution in [0.4, 0.5) is 5.69 Å². The number of hydrogen-bond donors (Lipinski definition) is 1. The molecule has 0 fully saturated rings. The van der Waals surface area contributed by atoms with Crippen molar-refractivity contribution < 1.29 is 4.79 Å². The van der Waals surface area contributed by atoms with Gasteiger partial charge in [0.1, 0.15) is 0 Å². The molecule has 26 heavy (non-hydrogen) atoms. The molecule has 0 bridgehead atoms. The van der Waals surface area contributed by atoms with E-state index in [9.17, 15) is 4.79 Å². The summed E-state index contributed by atoms with van der Waals surface area (Å²) in [6, 6.07) is 13.7. The molecule has 0 aromatic heterocycles. The van der Waals surface area contributed by atoms with E-state index in [1.165, 1.54) is 40.8 Å². The van der Waals surface area contributed by atoms with Crippen LogP contribution in [0.2, 0.25) is 0 Å². The Morgan fingerprint density at radius 3 is 2.81 bits per heavy atom. The number of fused-ring (bicyclic) bond motifs is 2. The smallest absolute Gasteiger partial charge is 0.224 e. The Balaban J connectivity index is 1.74. The van der Waals surface area contributed by atoms with E-state index in [0.717, 1.165) is 31.5 Å². The molecule has 1 N–H and O–H groups in total. The van der Waals surface area contributed by atoms with Gasteiger partial charge in [0.15, 0.2) is 0 Å². The topological polar surface area (TPSA) is 32.3 Å². The second kappa shape index (κ2) is 7.24. The minimum atomic E-state index is 0.102. The summed E-state index contributed by atoms with van der Waals surface area (Å²) in [5.74, 6) is 0.102. The van der Waals surface area contributed by atoms with Gasteiger partial charge < -0.3 is 5.32 Å². The average molecular weight is 348 g/mol. The molecule has 1 unspecified atom stereocenters. The zero-order chi connectivity index (χ0) is 18.1. The van der Waals surface area contributed by atoms with Crippen molar-refractivity contribution in [1.29, 1.82) is 0 Å². The maximum atomic E-state index is 12.0. The van der Waals surface area contributed by atoms with Crippen LogP contribution in [-0.4, -0.2) is 23.9 Å². The Morgan fingerprint density at radius 2 is 2.00 bits per heavy atom. The van der Waals surface area contributed by atoms with Gasteiger partial charge in [0.2, 0.25) is 5.91 Å². The van der Waals surface area contributed by atoms with Crippen LogP contribution in [0, 0.1) is 0 Å². The second-order valence-electron chi connectivity index (χ2n) is 7.55. The molecule has 4 rings (SSSR count). The minimum absolute atomic E-state index is 0.102. The average Bonchev–Trinajstić information content (AvgIpc) is 2.64. The molecule has 0 spiro atoms. The Hall–Kier alpha value is -2.13. The van der Waals surface area contributed by atoms with E-state index < -0.39 is 0 Å². The Kier molecular flexibility index (Phi) is 4.82. The minimum Gasteiger partial charge on any atom is -0.326 e. The van der Waals surface area contributed by atoms with Crippen molar-refractivity contribution in [3.63, 3.8) is 0 Å². The van der Waals surface area contributed by atoms with E-state index >= 15 is 0 Å². The number of hydrogen-bond acceptors (Lipinski definition) is 2. The number of nitrogens with zero attached hydrogens (tertiary/aromatic N) is 1. The van der Waals surface area contributed by atoms with Crippen LogP contribution in [-0.2, 0) is 17.6 Å². The third-order valence-electron chi connectivity index (χ3n) is 5.72. The summed E-state index contributed by atoms with van der Waals surface area (Å²) in [6.07, 6.45) is 4.86. The lowest BCUT2D eigenvalue weighted by molar-refractivity contribution is -0.116. The molecule has 1 amide bonds. The van der Waals surface area contributed by atoms with Crippen molar-refractivity contribution in [1.82, 2.24) is 4.90 Å². The summed E-state index contributed by atoms with van der Waals surface area (Å²) in [5.41, 5.74) is 8.00. The first-order chi connectivity index (χ1) is 12.7. The molecule has 2 aromatic rings. The molecular weight excluding hydrogens is 320 g/mol. The molecular formula is C23H28N2O. The molecule has 3 nitrogen and oxygen atoms in total. The highest BCUT2D eigenvalue weighted by atomic mass is 16.1. The van der Waals surface area contributed by atoms with Crippen molar-refractivity contribution in [3.8, 4) is 11.1 Å². The van der Waals surface area contributed by atoms with Crippen molar-refractivity contribution >= 4 is 11.6 Å². The molecule has 1 heterocycles. The lowest BCUT2D eigenvalue weighted by Crippen LogP contribution is -2.38. The largest absolute Gasteiger partial charge is 0.326 e. The van der Waals surface area contributed by atoms with Gasteiger partial charge in [-0.1, -0.05) is 38.1 Å². The predicted molar refractivity (Wildman–Crippen MR) is 107 cm³/mol. The van der Waals surface area contributed by atoms with Gasteiger partial charge in [0.25, 0.3) is 0 Å². The van der Waals surface area contributed by atoms with E-state index in [4.69, 9.17) is 0 Å². The molecule has 3 heteroatoms. The Labute approximate surface area is 156 Å². The van der Waals surface area contributed by atoms with Crippen LogP contribution in [0.5, 0.6) is 0 Å². The highest BCUT2D eigenvalue weighted by molar-refractivity contribution is 5.92. The monoisotopic (exact) mass is 348 g/mol. The van der Waals surface area contributed by atoms with Crippen LogP contribution in [0.15, 0.2) is 36.4 Å². The first-order valence-corrected chi connectivity index (χ1v) is 10.00. The maximum Gasteiger partial charge on any atom is 0.224 e. The van der Waals surface area contributed by atoms with Gasteiger partial charge in [-0.05, 0) is 72.2 Å². The zero-order valence-electron chi connectivity index (χ0n) is 15.8. The third kappa shape index (κ3) is 3.05. The summed E-state index contributed by atoms with van der Waals surface area (Å²) in [4.78, 5) is 14.6. The van der Waals surface area contributed by atoms with Crippen molar-refractivity contribution in [2.75, 3.05) is 18.4 Å². The fourth-order valence-electron chi connectivity index (χ4n) is 4.59. The third-order valence-corrected chi connectivity index (χ3v) is 5.72. The van der Waals surface area contributed by atoms with Crippen molar-refractivity contribution in [3.05, 3.63) is 53.1 Å². The van der Waals surface area contributed by atoms with Gasteiger partial charge in [0, 0.05) is 24.7 Å². The van der Waals surface area contributed by atoms with Crippen LogP contribution in [0.25, 0.3) is 11.1 Å². The molecule has 0 saturated heterocycles. The standard InChI is InChI=1S/C23H28N2O/c1-3-6-22(26)24-18-10-9-17-14-21-23-16(11-13-25(21)12-4-2)7-5-8-19(23)20(17)15-18/h5,7-10,15,21H,3-4,6,11-14H2,1-2H3,(H,24,26). The van der Waals surface area contributed by atoms with E-state index in [1.54, 1.807) is 0 Å². The SMILES string of the molecule is CCCC(=O)Nc1ccc2c(c1)-c1cccc3c1C(C2)N(CCC)CC3. The summed E-state index contributed by atoms with van der Waals surface area (Å²) < 4.78 is 0. The van der Waals surface area contributed by atoms with Gasteiger partial charge >= 0.3 is 0 Å². The lowest BCUT2D eigenvalue weighted by Gasteiger charge is -2.41. The van der Waals surface area contributed by atoms with Gasteiger partial charge in [-0.15, -0.1) is 0 Å². The predicted octanol–water partition coefficient (Wildman–Crippen LogP) is 4.96. The number of amides is 1. The molecule has 1 aliphatic heterocycles. The number of carbonyl (C=O) groups excluding carboxylic acids is 1. The normalized spacial score (nSPS) is 18.2. The fourth-order valence-corrected chi connectivity index (χ4v) is 4.59. The number of nitrogens with one attached hydrogen (secondary N) is 1. The van der Waals surface area contributed by atoms with Gasteiger partial charge in [-0.2, -0.15) is 0 Å². The van der Waals surface area contributed by atoms with E-state index in [0.29, 0.717) is 12.5 Å². The number of carbonyl (C=O) groups is 1. The number of anilines is 1. The molecule has 136 valence electrons. The Bertz CT molecular complexity index is 827. The van der Waals surface area contributed by atoms with Crippen molar-refractivity contribution in [2.24, 2.45) is 0 Å². The van der Waals surface area contributed by atoms with Crippen LogP contribution >= 0.6 is 0 Å². The van der Waals surface area contributed by atoms with E-state index in [1.807, 2.05) is 6.92 Å². The number of benzene rings is 2. The first kappa shape index (κ1) is 17.3. The van der Waals surface area contributed by atoms with Gasteiger partial charge in [-0.3, -0.25) is 9.69 Å². The van der Waals surface area contributed by atoms with Crippen LogP contribution in [0.3, 0.4) is 0 Å². The molecule has 1 atom stereocenters. The number of rotatable bonds is 5. The molecule has 2 aliphatic rings. The highest BCUT2D eigenvalue weighted by Gasteiger charge is 2.33. The van der Waals surface area contributed by atoms with Crippen molar-refractivity contribution in [2.45, 2.75) is 52.0 Å². The summed E-state index contributed by atoms with van der Waals surface area (Å²) >= 11 is 0. The molecule has 2 aromatic carbocycles. The van der Waals surface area contributed by atoms with Gasteiger partial charge in [-0.25, -0.2) is 0 Å². The fraction of sp³-hybridized carbons (Fsp3) is 0.435. The quantitative estimate of drug-likeness (QED) is 0.828. The summed E-state index contributed by atoms with van der Waals surface area (Å²) in [6.45, 7) is 6.63. The van der Waals surface area contributed by atoms with E-state index in [-0.39, 0.29) is 5.91 Å². The van der Waals surface area contributed by atoms with Crippen LogP contribution in [0.1, 0.15) is 55.8 Å². The van der Waals surface area contributed by atoms with E-state index in [2.05, 4.69) is 53.5 Å². The maximum absolute atomic E-state index is 12.0. The van der Waals surface area contributed by atoms with Crippen LogP contribution < -0.4 is 5.32 Å². The lowest BCUT2D eigenvalue weighted by atomic mass is 9.77. The zero-order valence-corrected chi connectivity index (χ0v) is 15.8. The molecule has 0 saturated carbocycles. The van der Waals surface area contributed by atoms with Gasteiger partial charge in [0.05, 0.1) is 0 Å². The summed E-state index contributed by atoms with van der Waals surface area (Å²) in [5, 5.41) is 3.06. The molecule has 0 radical (unpaired) electrons. The second-order valence-corrected chi connectivity index (χ2v) is 7.55. The Morgan fingerprint density at radius 1 is 1.12 bits per heavy atom. The summed E-state index contributed by atoms with van der Waals surface area (Å²) in [7, 11) is 0. The molecule has 1 aliphatic carbocycles. The first-order valence-electron chi connectivity index (χ1n) is 10.00. The highest BCUT2D eigenvalue weighted by Crippen LogP contribution is 2.45.